The van der Waals surface area contributed by atoms with Crippen LogP contribution >= 0.6 is 0 Å². The molecule has 1 unspecified atom stereocenters. The lowest BCUT2D eigenvalue weighted by Gasteiger charge is -2.18. The molecule has 1 atom stereocenters. The number of ether oxygens (including phenoxy) is 3. The largest absolute Gasteiger partial charge is 0.462 e. The van der Waals surface area contributed by atoms with E-state index in [1.165, 1.54) is 103 Å². The van der Waals surface area contributed by atoms with Crippen molar-refractivity contribution in [1.29, 1.82) is 0 Å². The third-order valence-corrected chi connectivity index (χ3v) is 13.3. The molecule has 0 aromatic carbocycles. The molecule has 0 bridgehead atoms. The Hall–Kier alpha value is -4.45. The molecular weight excluding hydrogens is 961 g/mol. The summed E-state index contributed by atoms with van der Waals surface area (Å²) < 4.78 is 16.9. The van der Waals surface area contributed by atoms with Gasteiger partial charge < -0.3 is 14.2 Å². The average molecular weight is 1080 g/mol. The molecule has 78 heavy (non-hydrogen) atoms. The first-order valence-corrected chi connectivity index (χ1v) is 32.2. The molecule has 0 fully saturated rings. The number of esters is 3. The van der Waals surface area contributed by atoms with E-state index in [2.05, 4.69) is 154 Å². The summed E-state index contributed by atoms with van der Waals surface area (Å²) in [5.74, 6) is -0.946. The highest BCUT2D eigenvalue weighted by molar-refractivity contribution is 5.71. The Bertz CT molecular complexity index is 1670. The molecule has 0 aliphatic rings. The van der Waals surface area contributed by atoms with Crippen LogP contribution in [0.4, 0.5) is 0 Å². The van der Waals surface area contributed by atoms with Crippen molar-refractivity contribution >= 4 is 17.9 Å². The lowest BCUT2D eigenvalue weighted by Crippen LogP contribution is -2.30. The van der Waals surface area contributed by atoms with E-state index in [1.807, 2.05) is 0 Å². The molecule has 0 saturated heterocycles. The minimum atomic E-state index is -0.803. The van der Waals surface area contributed by atoms with Gasteiger partial charge in [-0.05, 0) is 135 Å². The van der Waals surface area contributed by atoms with Crippen LogP contribution in [-0.4, -0.2) is 37.2 Å². The predicted octanol–water partition coefficient (Wildman–Crippen LogP) is 22.2. The second-order valence-corrected chi connectivity index (χ2v) is 20.9. The van der Waals surface area contributed by atoms with Crippen LogP contribution in [0.1, 0.15) is 284 Å². The molecule has 6 nitrogen and oxygen atoms in total. The molecule has 0 aliphatic heterocycles. The van der Waals surface area contributed by atoms with Gasteiger partial charge in [0.2, 0.25) is 0 Å². The van der Waals surface area contributed by atoms with Crippen LogP contribution in [0.2, 0.25) is 0 Å². The second-order valence-electron chi connectivity index (χ2n) is 20.9. The Kier molecular flexibility index (Phi) is 61.4. The van der Waals surface area contributed by atoms with Crippen LogP contribution in [0.5, 0.6) is 0 Å². The number of rotatable bonds is 57. The Morgan fingerprint density at radius 1 is 0.269 bits per heavy atom. The van der Waals surface area contributed by atoms with Gasteiger partial charge in [-0.15, -0.1) is 0 Å². The van der Waals surface area contributed by atoms with E-state index in [9.17, 15) is 14.4 Å². The zero-order valence-electron chi connectivity index (χ0n) is 50.6. The van der Waals surface area contributed by atoms with Gasteiger partial charge in [0.15, 0.2) is 6.10 Å². The van der Waals surface area contributed by atoms with Crippen molar-refractivity contribution in [1.82, 2.24) is 0 Å². The third-order valence-electron chi connectivity index (χ3n) is 13.3. The van der Waals surface area contributed by atoms with E-state index in [1.54, 1.807) is 0 Å². The Balaban J connectivity index is 4.36. The third kappa shape index (κ3) is 62.4. The van der Waals surface area contributed by atoms with Crippen LogP contribution in [-0.2, 0) is 28.6 Å². The zero-order valence-corrected chi connectivity index (χ0v) is 50.6. The molecule has 0 rings (SSSR count). The van der Waals surface area contributed by atoms with Crippen molar-refractivity contribution < 1.29 is 28.6 Å². The van der Waals surface area contributed by atoms with Gasteiger partial charge in [-0.1, -0.05) is 264 Å². The summed E-state index contributed by atoms with van der Waals surface area (Å²) in [6.45, 7) is 6.42. The Morgan fingerprint density at radius 2 is 0.526 bits per heavy atom. The predicted molar refractivity (Wildman–Crippen MR) is 339 cm³/mol. The summed E-state index contributed by atoms with van der Waals surface area (Å²) in [7, 11) is 0. The van der Waals surface area contributed by atoms with Crippen molar-refractivity contribution in [2.24, 2.45) is 0 Å². The summed E-state index contributed by atoms with van der Waals surface area (Å²) in [5.41, 5.74) is 0. The number of allylic oxidation sites excluding steroid dienone is 22. The van der Waals surface area contributed by atoms with Gasteiger partial charge in [0.25, 0.3) is 0 Å². The van der Waals surface area contributed by atoms with Crippen molar-refractivity contribution in [3.05, 3.63) is 134 Å². The van der Waals surface area contributed by atoms with Crippen molar-refractivity contribution in [3.63, 3.8) is 0 Å². The highest BCUT2D eigenvalue weighted by Gasteiger charge is 2.19. The maximum absolute atomic E-state index is 12.9. The van der Waals surface area contributed by atoms with Gasteiger partial charge in [-0.2, -0.15) is 0 Å². The Morgan fingerprint density at radius 3 is 0.859 bits per heavy atom. The number of carbonyl (C=O) groups excluding carboxylic acids is 3. The molecule has 0 saturated carbocycles. The average Bonchev–Trinajstić information content (AvgIpc) is 3.44. The molecule has 0 amide bonds. The minimum Gasteiger partial charge on any atom is -0.462 e. The quantitative estimate of drug-likeness (QED) is 0.0261. The van der Waals surface area contributed by atoms with Crippen LogP contribution in [0, 0.1) is 0 Å². The van der Waals surface area contributed by atoms with Gasteiger partial charge in [0.1, 0.15) is 13.2 Å². The molecular formula is C72H118O6. The summed E-state index contributed by atoms with van der Waals surface area (Å²) in [6.07, 6.45) is 91.8. The number of hydrogen-bond donors (Lipinski definition) is 0. The summed E-state index contributed by atoms with van der Waals surface area (Å²) >= 11 is 0. The normalized spacial score (nSPS) is 13.0. The number of unbranched alkanes of at least 4 members (excludes halogenated alkanes) is 24. The van der Waals surface area contributed by atoms with Crippen LogP contribution in [0.25, 0.3) is 0 Å². The van der Waals surface area contributed by atoms with Gasteiger partial charge in [0.05, 0.1) is 0 Å². The van der Waals surface area contributed by atoms with E-state index in [0.29, 0.717) is 19.3 Å². The fraction of sp³-hybridized carbons (Fsp3) is 0.653. The zero-order chi connectivity index (χ0) is 56.4. The van der Waals surface area contributed by atoms with Crippen molar-refractivity contribution in [3.8, 4) is 0 Å². The van der Waals surface area contributed by atoms with E-state index in [-0.39, 0.29) is 31.1 Å². The topological polar surface area (TPSA) is 78.9 Å². The maximum atomic E-state index is 12.9. The fourth-order valence-corrected chi connectivity index (χ4v) is 8.55. The molecule has 0 aromatic rings. The van der Waals surface area contributed by atoms with E-state index in [4.69, 9.17) is 14.2 Å². The molecule has 0 spiro atoms. The van der Waals surface area contributed by atoms with Crippen molar-refractivity contribution in [2.75, 3.05) is 13.2 Å². The smallest absolute Gasteiger partial charge is 0.306 e. The first kappa shape index (κ1) is 73.5. The Labute approximate surface area is 481 Å². The van der Waals surface area contributed by atoms with Crippen LogP contribution in [0.15, 0.2) is 134 Å². The lowest BCUT2D eigenvalue weighted by atomic mass is 10.0. The van der Waals surface area contributed by atoms with E-state index < -0.39 is 6.10 Å². The first-order chi connectivity index (χ1) is 38.5. The summed E-state index contributed by atoms with van der Waals surface area (Å²) in [4.78, 5) is 38.2. The monoisotopic (exact) mass is 1080 g/mol. The maximum Gasteiger partial charge on any atom is 0.306 e. The standard InChI is InChI=1S/C72H118O6/c1-4-7-10-13-16-19-22-24-26-28-30-32-34-36-38-40-42-44-46-48-50-53-56-59-62-65-71(74)77-68-69(67-76-70(73)64-61-58-55-52-21-18-15-12-9-6-3)78-72(75)66-63-60-57-54-51-49-47-45-43-41-39-37-35-33-31-29-27-25-23-20-17-14-11-8-5-2/h7,10,12,15-16,19,23-26,29-32,35-38,42,44,48,50,69H,4-6,8-9,11,13-14,17-18,20-22,27-28,33-34,39-41,43,45-47,49,51-68H2,1-3H3/b10-7-,15-12-,19-16-,25-23-,26-24-,31-29-,32-30-,37-35-,38-36-,44-42-,50-48-. The molecule has 0 aliphatic carbocycles. The molecule has 442 valence electrons. The molecule has 0 heterocycles. The molecule has 0 aromatic heterocycles. The minimum absolute atomic E-state index is 0.0984. The second kappa shape index (κ2) is 65.1. The molecule has 0 radical (unpaired) electrons. The number of hydrogen-bond acceptors (Lipinski definition) is 6. The SMILES string of the molecule is CC/C=C\C/C=C\C/C=C\C/C=C\C/C=C\C/C=C\C/C=C\CCCCCC(=O)OCC(COC(=O)CCCCCCC/C=C\CCC)OC(=O)CCCCCCCCCCCC/C=C\C/C=C\C/C=C\CCCCCCC. The highest BCUT2D eigenvalue weighted by Crippen LogP contribution is 2.15. The summed E-state index contributed by atoms with van der Waals surface area (Å²) in [5, 5.41) is 0. The molecule has 6 heteroatoms. The van der Waals surface area contributed by atoms with Crippen LogP contribution < -0.4 is 0 Å². The molecule has 0 N–H and O–H groups in total. The van der Waals surface area contributed by atoms with Crippen LogP contribution in [0.3, 0.4) is 0 Å². The van der Waals surface area contributed by atoms with Gasteiger partial charge in [0, 0.05) is 19.3 Å². The van der Waals surface area contributed by atoms with Gasteiger partial charge in [-0.3, -0.25) is 14.4 Å². The van der Waals surface area contributed by atoms with Gasteiger partial charge in [-0.25, -0.2) is 0 Å². The van der Waals surface area contributed by atoms with Crippen molar-refractivity contribution in [2.45, 2.75) is 290 Å². The number of carbonyl (C=O) groups is 3. The fourth-order valence-electron chi connectivity index (χ4n) is 8.55. The van der Waals surface area contributed by atoms with E-state index in [0.717, 1.165) is 141 Å². The lowest BCUT2D eigenvalue weighted by molar-refractivity contribution is -0.167. The van der Waals surface area contributed by atoms with Gasteiger partial charge >= 0.3 is 17.9 Å². The highest BCUT2D eigenvalue weighted by atomic mass is 16.6. The first-order valence-electron chi connectivity index (χ1n) is 32.2. The van der Waals surface area contributed by atoms with E-state index >= 15 is 0 Å². The summed E-state index contributed by atoms with van der Waals surface area (Å²) in [6, 6.07) is 0.